The monoisotopic (exact) mass is 373 g/mol. The molecule has 5 nitrogen and oxygen atoms in total. The van der Waals surface area contributed by atoms with Gasteiger partial charge in [0.15, 0.2) is 11.6 Å². The number of methoxy groups -OCH3 is 2. The van der Waals surface area contributed by atoms with Gasteiger partial charge in [-0.3, -0.25) is 9.69 Å². The third-order valence-electron chi connectivity index (χ3n) is 5.09. The Labute approximate surface area is 158 Å². The van der Waals surface area contributed by atoms with E-state index in [4.69, 9.17) is 9.47 Å². The second-order valence-corrected chi connectivity index (χ2v) is 6.71. The summed E-state index contributed by atoms with van der Waals surface area (Å²) < 4.78 is 25.0. The number of likely N-dealkylation sites (tertiary alicyclic amines) is 1. The largest absolute Gasteiger partial charge is 0.496 e. The first kappa shape index (κ1) is 19.2. The molecule has 6 heteroatoms. The number of aliphatic carboxylic acids is 1. The van der Waals surface area contributed by atoms with Crippen LogP contribution < -0.4 is 9.47 Å². The van der Waals surface area contributed by atoms with Crippen LogP contribution in [0.1, 0.15) is 30.0 Å². The molecule has 0 radical (unpaired) electrons. The number of ether oxygens (including phenoxy) is 2. The SMILES string of the molecule is COc1ccc([C@@H](c2ccccc2OC)N2CCC[C@H](C(=O)O)C2)cc1F. The van der Waals surface area contributed by atoms with Gasteiger partial charge in [-0.25, -0.2) is 4.39 Å². The molecule has 0 spiro atoms. The second kappa shape index (κ2) is 8.39. The minimum atomic E-state index is -0.792. The summed E-state index contributed by atoms with van der Waals surface area (Å²) in [5, 5.41) is 9.46. The standard InChI is InChI=1S/C21H24FNO4/c1-26-18-8-4-3-7-16(18)20(14-9-10-19(27-2)17(22)12-14)23-11-5-6-15(13-23)21(24)25/h3-4,7-10,12,15,20H,5-6,11,13H2,1-2H3,(H,24,25)/t15-,20-/m0/s1. The zero-order chi connectivity index (χ0) is 19.4. The molecule has 1 aliphatic rings. The number of piperidine rings is 1. The topological polar surface area (TPSA) is 59.0 Å². The molecule has 3 rings (SSSR count). The molecule has 1 heterocycles. The molecule has 144 valence electrons. The van der Waals surface area contributed by atoms with Gasteiger partial charge in [0.05, 0.1) is 26.2 Å². The number of rotatable bonds is 6. The number of para-hydroxylation sites is 1. The lowest BCUT2D eigenvalue weighted by Crippen LogP contribution is -2.41. The lowest BCUT2D eigenvalue weighted by atomic mass is 9.91. The average molecular weight is 373 g/mol. The van der Waals surface area contributed by atoms with E-state index in [1.165, 1.54) is 13.2 Å². The molecule has 2 aromatic rings. The van der Waals surface area contributed by atoms with E-state index in [1.54, 1.807) is 13.2 Å². The van der Waals surface area contributed by atoms with E-state index in [9.17, 15) is 14.3 Å². The summed E-state index contributed by atoms with van der Waals surface area (Å²) in [5.41, 5.74) is 1.62. The van der Waals surface area contributed by atoms with Crippen molar-refractivity contribution in [2.24, 2.45) is 5.92 Å². The maximum atomic E-state index is 14.4. The Kier molecular flexibility index (Phi) is 5.96. The molecule has 0 unspecified atom stereocenters. The van der Waals surface area contributed by atoms with Gasteiger partial charge in [-0.1, -0.05) is 24.3 Å². The van der Waals surface area contributed by atoms with Gasteiger partial charge in [0.1, 0.15) is 5.75 Å². The van der Waals surface area contributed by atoms with E-state index < -0.39 is 17.7 Å². The van der Waals surface area contributed by atoms with Crippen molar-refractivity contribution >= 4 is 5.97 Å². The summed E-state index contributed by atoms with van der Waals surface area (Å²) in [4.78, 5) is 13.6. The minimum absolute atomic E-state index is 0.180. The summed E-state index contributed by atoms with van der Waals surface area (Å²) in [6.45, 7) is 1.14. The van der Waals surface area contributed by atoms with Crippen LogP contribution >= 0.6 is 0 Å². The van der Waals surface area contributed by atoms with Gasteiger partial charge < -0.3 is 14.6 Å². The third-order valence-corrected chi connectivity index (χ3v) is 5.09. The van der Waals surface area contributed by atoms with Crippen molar-refractivity contribution in [3.63, 3.8) is 0 Å². The summed E-state index contributed by atoms with van der Waals surface area (Å²) in [6, 6.07) is 12.2. The van der Waals surface area contributed by atoms with Crippen LogP contribution in [0.3, 0.4) is 0 Å². The van der Waals surface area contributed by atoms with E-state index in [-0.39, 0.29) is 11.8 Å². The molecule has 0 saturated carbocycles. The quantitative estimate of drug-likeness (QED) is 0.836. The number of carboxylic acid groups (broad SMARTS) is 1. The number of carboxylic acids is 1. The molecule has 2 aromatic carbocycles. The summed E-state index contributed by atoms with van der Waals surface area (Å²) in [5.74, 6) is -0.795. The van der Waals surface area contributed by atoms with E-state index in [0.29, 0.717) is 18.7 Å². The van der Waals surface area contributed by atoms with Crippen LogP contribution in [0.5, 0.6) is 11.5 Å². The van der Waals surface area contributed by atoms with E-state index in [1.807, 2.05) is 30.3 Å². The lowest BCUT2D eigenvalue weighted by Gasteiger charge is -2.38. The Morgan fingerprint density at radius 2 is 1.93 bits per heavy atom. The highest BCUT2D eigenvalue weighted by Gasteiger charge is 2.32. The normalized spacial score (nSPS) is 18.7. The first-order valence-corrected chi connectivity index (χ1v) is 8.98. The molecule has 0 bridgehead atoms. The van der Waals surface area contributed by atoms with Crippen molar-refractivity contribution in [2.75, 3.05) is 27.3 Å². The molecule has 2 atom stereocenters. The van der Waals surface area contributed by atoms with Crippen LogP contribution in [0.15, 0.2) is 42.5 Å². The number of nitrogens with zero attached hydrogens (tertiary/aromatic N) is 1. The van der Waals surface area contributed by atoms with Crippen LogP contribution in [-0.4, -0.2) is 43.3 Å². The van der Waals surface area contributed by atoms with Crippen molar-refractivity contribution in [3.8, 4) is 11.5 Å². The van der Waals surface area contributed by atoms with Crippen LogP contribution in [0.4, 0.5) is 4.39 Å². The summed E-state index contributed by atoms with van der Waals surface area (Å²) >= 11 is 0. The highest BCUT2D eigenvalue weighted by molar-refractivity contribution is 5.70. The predicted molar refractivity (Wildman–Crippen MR) is 99.7 cm³/mol. The molecular formula is C21H24FNO4. The summed E-state index contributed by atoms with van der Waals surface area (Å²) in [6.07, 6.45) is 1.43. The van der Waals surface area contributed by atoms with Crippen molar-refractivity contribution < 1.29 is 23.8 Å². The Bertz CT molecular complexity index is 811. The number of hydrogen-bond acceptors (Lipinski definition) is 4. The molecule has 1 aliphatic heterocycles. The maximum Gasteiger partial charge on any atom is 0.307 e. The van der Waals surface area contributed by atoms with Gasteiger partial charge in [0.2, 0.25) is 0 Å². The number of benzene rings is 2. The van der Waals surface area contributed by atoms with Crippen molar-refractivity contribution in [2.45, 2.75) is 18.9 Å². The van der Waals surface area contributed by atoms with Crippen LogP contribution in [0, 0.1) is 11.7 Å². The van der Waals surface area contributed by atoms with Gasteiger partial charge in [0.25, 0.3) is 0 Å². The zero-order valence-corrected chi connectivity index (χ0v) is 15.5. The third kappa shape index (κ3) is 4.06. The molecule has 0 amide bonds. The first-order chi connectivity index (χ1) is 13.0. The Balaban J connectivity index is 2.06. The van der Waals surface area contributed by atoms with Gasteiger partial charge in [-0.15, -0.1) is 0 Å². The van der Waals surface area contributed by atoms with Crippen molar-refractivity contribution in [1.82, 2.24) is 4.90 Å². The fourth-order valence-electron chi connectivity index (χ4n) is 3.77. The second-order valence-electron chi connectivity index (χ2n) is 6.71. The van der Waals surface area contributed by atoms with E-state index >= 15 is 0 Å². The fourth-order valence-corrected chi connectivity index (χ4v) is 3.77. The van der Waals surface area contributed by atoms with Crippen LogP contribution in [-0.2, 0) is 4.79 Å². The maximum absolute atomic E-state index is 14.4. The average Bonchev–Trinajstić information content (AvgIpc) is 2.69. The van der Waals surface area contributed by atoms with Gasteiger partial charge in [-0.05, 0) is 43.1 Å². The van der Waals surface area contributed by atoms with E-state index in [2.05, 4.69) is 4.90 Å². The lowest BCUT2D eigenvalue weighted by molar-refractivity contribution is -0.143. The molecule has 1 fully saturated rings. The van der Waals surface area contributed by atoms with Gasteiger partial charge in [0, 0.05) is 12.1 Å². The van der Waals surface area contributed by atoms with E-state index in [0.717, 1.165) is 24.1 Å². The number of hydrogen-bond donors (Lipinski definition) is 1. The fraction of sp³-hybridized carbons (Fsp3) is 0.381. The first-order valence-electron chi connectivity index (χ1n) is 8.98. The predicted octanol–water partition coefficient (Wildman–Crippen LogP) is 3.73. The highest BCUT2D eigenvalue weighted by Crippen LogP contribution is 2.38. The molecule has 1 N–H and O–H groups in total. The molecule has 1 saturated heterocycles. The minimum Gasteiger partial charge on any atom is -0.496 e. The Morgan fingerprint density at radius 3 is 2.59 bits per heavy atom. The van der Waals surface area contributed by atoms with Crippen LogP contribution in [0.25, 0.3) is 0 Å². The Morgan fingerprint density at radius 1 is 1.19 bits per heavy atom. The summed E-state index contributed by atoms with van der Waals surface area (Å²) in [7, 11) is 3.03. The van der Waals surface area contributed by atoms with Gasteiger partial charge in [-0.2, -0.15) is 0 Å². The number of halogens is 1. The number of carbonyl (C=O) groups is 1. The van der Waals surface area contributed by atoms with Gasteiger partial charge >= 0.3 is 5.97 Å². The molecule has 0 aromatic heterocycles. The molecule has 0 aliphatic carbocycles. The van der Waals surface area contributed by atoms with Crippen molar-refractivity contribution in [1.29, 1.82) is 0 Å². The Hall–Kier alpha value is -2.60. The van der Waals surface area contributed by atoms with Crippen LogP contribution in [0.2, 0.25) is 0 Å². The highest BCUT2D eigenvalue weighted by atomic mass is 19.1. The molecule has 27 heavy (non-hydrogen) atoms. The van der Waals surface area contributed by atoms with Crippen molar-refractivity contribution in [3.05, 3.63) is 59.4 Å². The molecular weight excluding hydrogens is 349 g/mol. The smallest absolute Gasteiger partial charge is 0.307 e. The zero-order valence-electron chi connectivity index (χ0n) is 15.5.